The summed E-state index contributed by atoms with van der Waals surface area (Å²) in [5.41, 5.74) is 1.35. The Labute approximate surface area is 174 Å². The van der Waals surface area contributed by atoms with Crippen LogP contribution in [0.4, 0.5) is 0 Å². The van der Waals surface area contributed by atoms with E-state index in [0.717, 1.165) is 9.99 Å². The molecule has 154 valence electrons. The Morgan fingerprint density at radius 2 is 1.72 bits per heavy atom. The number of hydrogen-bond acceptors (Lipinski definition) is 6. The van der Waals surface area contributed by atoms with Crippen LogP contribution in [0.5, 0.6) is 11.5 Å². The number of ether oxygens (including phenoxy) is 2. The Balaban J connectivity index is 2.19. The van der Waals surface area contributed by atoms with Crippen LogP contribution in [0.25, 0.3) is 5.69 Å². The molecule has 0 bridgehead atoms. The van der Waals surface area contributed by atoms with Crippen LogP contribution >= 0.6 is 12.2 Å². The number of nitrogens with one attached hydrogen (secondary N) is 1. The summed E-state index contributed by atoms with van der Waals surface area (Å²) in [5, 5.41) is 7.11. The van der Waals surface area contributed by atoms with Gasteiger partial charge in [0.05, 0.1) is 19.1 Å². The van der Waals surface area contributed by atoms with Crippen molar-refractivity contribution >= 4 is 22.2 Å². The highest BCUT2D eigenvalue weighted by atomic mass is 32.2. The molecule has 1 heterocycles. The van der Waals surface area contributed by atoms with Gasteiger partial charge in [0.15, 0.2) is 16.3 Å². The van der Waals surface area contributed by atoms with Gasteiger partial charge in [-0.25, -0.2) is 12.7 Å². The summed E-state index contributed by atoms with van der Waals surface area (Å²) in [5.74, 6) is 1.34. The molecule has 8 nitrogen and oxygen atoms in total. The molecule has 1 aromatic heterocycles. The number of aromatic amines is 1. The van der Waals surface area contributed by atoms with Crippen LogP contribution in [0.15, 0.2) is 47.4 Å². The van der Waals surface area contributed by atoms with Crippen LogP contribution in [-0.2, 0) is 16.4 Å². The molecule has 1 N–H and O–H groups in total. The molecule has 10 heteroatoms. The van der Waals surface area contributed by atoms with Crippen LogP contribution in [0.2, 0.25) is 0 Å². The second kappa shape index (κ2) is 8.36. The van der Waals surface area contributed by atoms with Gasteiger partial charge < -0.3 is 9.47 Å². The van der Waals surface area contributed by atoms with E-state index >= 15 is 0 Å². The van der Waals surface area contributed by atoms with Gasteiger partial charge in [-0.3, -0.25) is 9.67 Å². The van der Waals surface area contributed by atoms with Crippen molar-refractivity contribution in [2.75, 3.05) is 28.3 Å². The lowest BCUT2D eigenvalue weighted by Gasteiger charge is -2.18. The quantitative estimate of drug-likeness (QED) is 0.575. The monoisotopic (exact) mass is 434 g/mol. The van der Waals surface area contributed by atoms with Crippen LogP contribution in [0.3, 0.4) is 0 Å². The van der Waals surface area contributed by atoms with Gasteiger partial charge in [-0.2, -0.15) is 5.10 Å². The number of methoxy groups -OCH3 is 2. The number of nitrogens with zero attached hydrogens (tertiary/aromatic N) is 3. The third-order valence-corrected chi connectivity index (χ3v) is 6.60. The maximum Gasteiger partial charge on any atom is 0.242 e. The SMILES string of the molecule is COc1cc(Cc2n[nH]c(=S)n2-c2ccccc2)c(S(=O)(=O)N(C)C)cc1OC. The number of para-hydroxylation sites is 1. The first kappa shape index (κ1) is 21.0. The van der Waals surface area contributed by atoms with E-state index in [-0.39, 0.29) is 11.3 Å². The van der Waals surface area contributed by atoms with Gasteiger partial charge in [-0.1, -0.05) is 18.2 Å². The van der Waals surface area contributed by atoms with Crippen molar-refractivity contribution in [3.8, 4) is 17.2 Å². The van der Waals surface area contributed by atoms with Gasteiger partial charge in [0, 0.05) is 32.3 Å². The Morgan fingerprint density at radius 3 is 2.31 bits per heavy atom. The molecule has 0 aliphatic carbocycles. The minimum Gasteiger partial charge on any atom is -0.493 e. The molecular formula is C19H22N4O4S2. The van der Waals surface area contributed by atoms with E-state index in [0.29, 0.717) is 27.7 Å². The molecular weight excluding hydrogens is 412 g/mol. The molecule has 0 aliphatic rings. The minimum absolute atomic E-state index is 0.119. The van der Waals surface area contributed by atoms with Crippen molar-refractivity contribution in [3.63, 3.8) is 0 Å². The maximum atomic E-state index is 12.9. The zero-order valence-electron chi connectivity index (χ0n) is 16.5. The van der Waals surface area contributed by atoms with Gasteiger partial charge >= 0.3 is 0 Å². The van der Waals surface area contributed by atoms with Crippen molar-refractivity contribution in [1.29, 1.82) is 0 Å². The Bertz CT molecular complexity index is 1170. The smallest absolute Gasteiger partial charge is 0.242 e. The first-order valence-electron chi connectivity index (χ1n) is 8.68. The molecule has 0 unspecified atom stereocenters. The molecule has 0 fully saturated rings. The van der Waals surface area contributed by atoms with Gasteiger partial charge in [0.1, 0.15) is 5.82 Å². The van der Waals surface area contributed by atoms with Crippen molar-refractivity contribution < 1.29 is 17.9 Å². The normalized spacial score (nSPS) is 11.6. The fourth-order valence-electron chi connectivity index (χ4n) is 2.94. The average Bonchev–Trinajstić information content (AvgIpc) is 3.07. The Kier molecular flexibility index (Phi) is 6.06. The van der Waals surface area contributed by atoms with Crippen LogP contribution in [-0.4, -0.2) is 55.8 Å². The molecule has 29 heavy (non-hydrogen) atoms. The summed E-state index contributed by atoms with van der Waals surface area (Å²) >= 11 is 5.38. The number of sulfonamides is 1. The predicted octanol–water partition coefficient (Wildman–Crippen LogP) is 2.79. The van der Waals surface area contributed by atoms with Crippen LogP contribution < -0.4 is 9.47 Å². The van der Waals surface area contributed by atoms with E-state index in [2.05, 4.69) is 10.2 Å². The highest BCUT2D eigenvalue weighted by Crippen LogP contribution is 2.34. The highest BCUT2D eigenvalue weighted by molar-refractivity contribution is 7.89. The topological polar surface area (TPSA) is 89.4 Å². The van der Waals surface area contributed by atoms with E-state index < -0.39 is 10.0 Å². The zero-order valence-corrected chi connectivity index (χ0v) is 18.2. The Hall–Kier alpha value is -2.69. The summed E-state index contributed by atoms with van der Waals surface area (Å²) in [6.45, 7) is 0. The van der Waals surface area contributed by atoms with E-state index in [9.17, 15) is 8.42 Å². The third kappa shape index (κ3) is 4.04. The standard InChI is InChI=1S/C19H22N4O4S2/c1-22(2)29(24,25)17-12-16(27-4)15(26-3)10-13(17)11-18-20-21-19(28)23(18)14-8-6-5-7-9-14/h5-10,12H,11H2,1-4H3,(H,21,28). The number of benzene rings is 2. The fourth-order valence-corrected chi connectivity index (χ4v) is 4.31. The van der Waals surface area contributed by atoms with Crippen LogP contribution in [0.1, 0.15) is 11.4 Å². The van der Waals surface area contributed by atoms with E-state index in [1.165, 1.54) is 34.4 Å². The summed E-state index contributed by atoms with van der Waals surface area (Å²) < 4.78 is 39.9. The number of hydrogen-bond donors (Lipinski definition) is 1. The van der Waals surface area contributed by atoms with Crippen molar-refractivity contribution in [2.45, 2.75) is 11.3 Å². The molecule has 3 rings (SSSR count). The van der Waals surface area contributed by atoms with Gasteiger partial charge in [0.2, 0.25) is 10.0 Å². The largest absolute Gasteiger partial charge is 0.493 e. The molecule has 0 saturated heterocycles. The predicted molar refractivity (Wildman–Crippen MR) is 112 cm³/mol. The van der Waals surface area contributed by atoms with Gasteiger partial charge in [0.25, 0.3) is 0 Å². The first-order valence-corrected chi connectivity index (χ1v) is 10.5. The van der Waals surface area contributed by atoms with Crippen molar-refractivity contribution in [3.05, 3.63) is 58.6 Å². The summed E-state index contributed by atoms with van der Waals surface area (Å²) in [6, 6.07) is 12.6. The van der Waals surface area contributed by atoms with E-state index in [4.69, 9.17) is 21.7 Å². The molecule has 0 spiro atoms. The Morgan fingerprint density at radius 1 is 1.10 bits per heavy atom. The third-order valence-electron chi connectivity index (χ3n) is 4.43. The molecule has 0 atom stereocenters. The minimum atomic E-state index is -3.73. The highest BCUT2D eigenvalue weighted by Gasteiger charge is 2.25. The average molecular weight is 435 g/mol. The molecule has 0 saturated carbocycles. The number of H-pyrrole nitrogens is 1. The van der Waals surface area contributed by atoms with Gasteiger partial charge in [-0.15, -0.1) is 0 Å². The summed E-state index contributed by atoms with van der Waals surface area (Å²) in [6.07, 6.45) is 0.213. The number of aromatic nitrogens is 3. The lowest BCUT2D eigenvalue weighted by atomic mass is 10.1. The van der Waals surface area contributed by atoms with Crippen LogP contribution in [0, 0.1) is 4.77 Å². The second-order valence-corrected chi connectivity index (χ2v) is 8.90. The fraction of sp³-hybridized carbons (Fsp3) is 0.263. The number of rotatable bonds is 7. The molecule has 0 radical (unpaired) electrons. The lowest BCUT2D eigenvalue weighted by molar-refractivity contribution is 0.353. The molecule has 0 amide bonds. The zero-order chi connectivity index (χ0) is 21.2. The summed E-state index contributed by atoms with van der Waals surface area (Å²) in [7, 11) is 2.20. The van der Waals surface area contributed by atoms with Crippen molar-refractivity contribution in [1.82, 2.24) is 19.1 Å². The lowest BCUT2D eigenvalue weighted by Crippen LogP contribution is -2.24. The summed E-state index contributed by atoms with van der Waals surface area (Å²) in [4.78, 5) is 0.119. The first-order chi connectivity index (χ1) is 13.8. The van der Waals surface area contributed by atoms with Gasteiger partial charge in [-0.05, 0) is 36.0 Å². The second-order valence-electron chi connectivity index (χ2n) is 6.40. The maximum absolute atomic E-state index is 12.9. The van der Waals surface area contributed by atoms with E-state index in [1.807, 2.05) is 30.3 Å². The van der Waals surface area contributed by atoms with Crippen molar-refractivity contribution in [2.24, 2.45) is 0 Å². The van der Waals surface area contributed by atoms with E-state index in [1.54, 1.807) is 10.6 Å². The molecule has 0 aliphatic heterocycles. The molecule has 3 aromatic rings. The molecule has 2 aromatic carbocycles.